The largest absolute Gasteiger partial charge is 0.493 e. The zero-order valence-electron chi connectivity index (χ0n) is 12.0. The Labute approximate surface area is 128 Å². The fourth-order valence-electron chi connectivity index (χ4n) is 2.31. The molecule has 0 aromatic heterocycles. The van der Waals surface area contributed by atoms with Crippen LogP contribution in [0.2, 0.25) is 0 Å². The van der Waals surface area contributed by atoms with Crippen LogP contribution in [0.4, 0.5) is 0 Å². The van der Waals surface area contributed by atoms with Gasteiger partial charge in [-0.25, -0.2) is 0 Å². The maximum absolute atomic E-state index is 12.0. The van der Waals surface area contributed by atoms with E-state index in [0.717, 1.165) is 41.0 Å². The van der Waals surface area contributed by atoms with Crippen LogP contribution < -0.4 is 4.74 Å². The first-order valence-electron chi connectivity index (χ1n) is 7.02. The molecule has 108 valence electrons. The second-order valence-corrected chi connectivity index (χ2v) is 5.69. The van der Waals surface area contributed by atoms with Gasteiger partial charge >= 0.3 is 0 Å². The van der Waals surface area contributed by atoms with Gasteiger partial charge in [-0.05, 0) is 53.2 Å². The average molecular weight is 338 g/mol. The number of likely N-dealkylation sites (N-methyl/N-ethyl adjacent to an activating group) is 1. The first-order chi connectivity index (χ1) is 9.63. The summed E-state index contributed by atoms with van der Waals surface area (Å²) in [6, 6.07) is 5.92. The molecule has 20 heavy (non-hydrogen) atoms. The highest BCUT2D eigenvalue weighted by molar-refractivity contribution is 9.10. The van der Waals surface area contributed by atoms with E-state index in [0.29, 0.717) is 13.0 Å². The summed E-state index contributed by atoms with van der Waals surface area (Å²) < 4.78 is 6.42. The normalized spacial score (nSPS) is 18.6. The molecule has 0 unspecified atom stereocenters. The number of rotatable bonds is 4. The SMILES string of the molecule is CCOc1ccc(/C=C2\CN(CC)CCC2=O)cc1Br. The Morgan fingerprint density at radius 3 is 2.85 bits per heavy atom. The van der Waals surface area contributed by atoms with Crippen molar-refractivity contribution in [2.75, 3.05) is 26.2 Å². The van der Waals surface area contributed by atoms with Gasteiger partial charge in [-0.1, -0.05) is 13.0 Å². The van der Waals surface area contributed by atoms with E-state index < -0.39 is 0 Å². The molecule has 1 saturated heterocycles. The molecule has 1 heterocycles. The lowest BCUT2D eigenvalue weighted by atomic mass is 10.0. The molecule has 2 rings (SSSR count). The van der Waals surface area contributed by atoms with Gasteiger partial charge in [0.15, 0.2) is 5.78 Å². The molecule has 0 saturated carbocycles. The van der Waals surface area contributed by atoms with Gasteiger partial charge < -0.3 is 4.74 Å². The van der Waals surface area contributed by atoms with Crippen molar-refractivity contribution in [3.05, 3.63) is 33.8 Å². The summed E-state index contributed by atoms with van der Waals surface area (Å²) in [6.07, 6.45) is 2.61. The van der Waals surface area contributed by atoms with E-state index in [1.807, 2.05) is 31.2 Å². The maximum atomic E-state index is 12.0. The number of carbonyl (C=O) groups excluding carboxylic acids is 1. The van der Waals surface area contributed by atoms with Gasteiger partial charge in [-0.15, -0.1) is 0 Å². The molecular formula is C16H20BrNO2. The van der Waals surface area contributed by atoms with Crippen LogP contribution in [-0.4, -0.2) is 36.9 Å². The lowest BCUT2D eigenvalue weighted by Gasteiger charge is -2.26. The molecule has 0 amide bonds. The molecular weight excluding hydrogens is 318 g/mol. The molecule has 1 aromatic carbocycles. The van der Waals surface area contributed by atoms with Crippen LogP contribution >= 0.6 is 15.9 Å². The lowest BCUT2D eigenvalue weighted by Crippen LogP contribution is -2.35. The molecule has 1 aromatic rings. The molecule has 1 aliphatic rings. The van der Waals surface area contributed by atoms with Crippen molar-refractivity contribution < 1.29 is 9.53 Å². The first kappa shape index (κ1) is 15.3. The van der Waals surface area contributed by atoms with Gasteiger partial charge in [0.05, 0.1) is 11.1 Å². The molecule has 1 fully saturated rings. The molecule has 0 atom stereocenters. The molecule has 0 spiro atoms. The van der Waals surface area contributed by atoms with Crippen molar-refractivity contribution in [3.63, 3.8) is 0 Å². The smallest absolute Gasteiger partial charge is 0.161 e. The third kappa shape index (κ3) is 3.70. The Kier molecular flexibility index (Phi) is 5.38. The highest BCUT2D eigenvalue weighted by Gasteiger charge is 2.20. The Bertz CT molecular complexity index is 525. The fraction of sp³-hybridized carbons (Fsp3) is 0.438. The summed E-state index contributed by atoms with van der Waals surface area (Å²) in [7, 11) is 0. The van der Waals surface area contributed by atoms with Crippen molar-refractivity contribution >= 4 is 27.8 Å². The number of nitrogens with zero attached hydrogens (tertiary/aromatic N) is 1. The van der Waals surface area contributed by atoms with E-state index in [9.17, 15) is 4.79 Å². The van der Waals surface area contributed by atoms with Crippen molar-refractivity contribution in [3.8, 4) is 5.75 Å². The standard InChI is InChI=1S/C16H20BrNO2/c1-3-18-8-7-15(19)13(11-18)9-12-5-6-16(20-4-2)14(17)10-12/h5-6,9-10H,3-4,7-8,11H2,1-2H3/b13-9+. The number of benzene rings is 1. The minimum absolute atomic E-state index is 0.264. The Morgan fingerprint density at radius 2 is 2.20 bits per heavy atom. The number of ether oxygens (including phenoxy) is 1. The zero-order valence-corrected chi connectivity index (χ0v) is 13.6. The third-order valence-electron chi connectivity index (χ3n) is 3.45. The minimum atomic E-state index is 0.264. The van der Waals surface area contributed by atoms with Crippen molar-refractivity contribution in [2.45, 2.75) is 20.3 Å². The van der Waals surface area contributed by atoms with Crippen LogP contribution in [-0.2, 0) is 4.79 Å². The number of carbonyl (C=O) groups is 1. The lowest BCUT2D eigenvalue weighted by molar-refractivity contribution is -0.117. The van der Waals surface area contributed by atoms with Crippen LogP contribution in [0.5, 0.6) is 5.75 Å². The summed E-state index contributed by atoms with van der Waals surface area (Å²) in [5, 5.41) is 0. The van der Waals surface area contributed by atoms with E-state index in [4.69, 9.17) is 4.74 Å². The van der Waals surface area contributed by atoms with Gasteiger partial charge in [-0.2, -0.15) is 0 Å². The summed E-state index contributed by atoms with van der Waals surface area (Å²) in [5.41, 5.74) is 1.93. The molecule has 0 radical (unpaired) electrons. The second kappa shape index (κ2) is 7.04. The maximum Gasteiger partial charge on any atom is 0.161 e. The van der Waals surface area contributed by atoms with Gasteiger partial charge in [0.1, 0.15) is 5.75 Å². The summed E-state index contributed by atoms with van der Waals surface area (Å²) >= 11 is 3.50. The monoisotopic (exact) mass is 337 g/mol. The predicted molar refractivity (Wildman–Crippen MR) is 85.0 cm³/mol. The minimum Gasteiger partial charge on any atom is -0.493 e. The topological polar surface area (TPSA) is 29.5 Å². The number of hydrogen-bond donors (Lipinski definition) is 0. The summed E-state index contributed by atoms with van der Waals surface area (Å²) in [6.45, 7) is 7.34. The van der Waals surface area contributed by atoms with E-state index in [1.165, 1.54) is 0 Å². The van der Waals surface area contributed by atoms with Crippen molar-refractivity contribution in [1.29, 1.82) is 0 Å². The summed E-state index contributed by atoms with van der Waals surface area (Å²) in [5.74, 6) is 1.10. The Balaban J connectivity index is 2.20. The predicted octanol–water partition coefficient (Wildman–Crippen LogP) is 3.53. The average Bonchev–Trinajstić information content (AvgIpc) is 2.44. The van der Waals surface area contributed by atoms with E-state index in [1.54, 1.807) is 0 Å². The van der Waals surface area contributed by atoms with Crippen LogP contribution in [0.3, 0.4) is 0 Å². The molecule has 0 N–H and O–H groups in total. The summed E-state index contributed by atoms with van der Waals surface area (Å²) in [4.78, 5) is 14.3. The highest BCUT2D eigenvalue weighted by Crippen LogP contribution is 2.27. The number of Topliss-reactive ketones (excluding diaryl/α,β-unsaturated/α-hetero) is 1. The number of hydrogen-bond acceptors (Lipinski definition) is 3. The van der Waals surface area contributed by atoms with Gasteiger partial charge in [-0.3, -0.25) is 9.69 Å². The van der Waals surface area contributed by atoms with Crippen LogP contribution in [0.1, 0.15) is 25.8 Å². The number of halogens is 1. The van der Waals surface area contributed by atoms with E-state index in [-0.39, 0.29) is 5.78 Å². The van der Waals surface area contributed by atoms with Crippen LogP contribution in [0, 0.1) is 0 Å². The van der Waals surface area contributed by atoms with Gasteiger partial charge in [0, 0.05) is 25.1 Å². The third-order valence-corrected chi connectivity index (χ3v) is 4.07. The molecule has 3 nitrogen and oxygen atoms in total. The first-order valence-corrected chi connectivity index (χ1v) is 7.81. The van der Waals surface area contributed by atoms with Crippen LogP contribution in [0.25, 0.3) is 6.08 Å². The van der Waals surface area contributed by atoms with E-state index in [2.05, 4.69) is 27.8 Å². The highest BCUT2D eigenvalue weighted by atomic mass is 79.9. The molecule has 0 bridgehead atoms. The molecule has 4 heteroatoms. The van der Waals surface area contributed by atoms with Gasteiger partial charge in [0.2, 0.25) is 0 Å². The Hall–Kier alpha value is -1.13. The molecule has 1 aliphatic heterocycles. The van der Waals surface area contributed by atoms with Crippen molar-refractivity contribution in [2.24, 2.45) is 0 Å². The molecule has 0 aliphatic carbocycles. The zero-order chi connectivity index (χ0) is 14.5. The van der Waals surface area contributed by atoms with Crippen molar-refractivity contribution in [1.82, 2.24) is 4.90 Å². The quantitative estimate of drug-likeness (QED) is 0.787. The fourth-order valence-corrected chi connectivity index (χ4v) is 2.82. The second-order valence-electron chi connectivity index (χ2n) is 4.83. The number of ketones is 1. The van der Waals surface area contributed by atoms with Gasteiger partial charge in [0.25, 0.3) is 0 Å². The number of piperidine rings is 1. The Morgan fingerprint density at radius 1 is 1.40 bits per heavy atom. The van der Waals surface area contributed by atoms with Crippen LogP contribution in [0.15, 0.2) is 28.2 Å². The number of likely N-dealkylation sites (tertiary alicyclic amines) is 1. The van der Waals surface area contributed by atoms with E-state index >= 15 is 0 Å².